The zero-order chi connectivity index (χ0) is 20.0. The number of benzene rings is 1. The van der Waals surface area contributed by atoms with E-state index in [1.54, 1.807) is 42.5 Å². The van der Waals surface area contributed by atoms with Crippen molar-refractivity contribution < 1.29 is 28.5 Å². The highest BCUT2D eigenvalue weighted by molar-refractivity contribution is 7.10. The fourth-order valence-corrected chi connectivity index (χ4v) is 3.31. The van der Waals surface area contributed by atoms with E-state index in [-0.39, 0.29) is 25.7 Å². The van der Waals surface area contributed by atoms with Crippen LogP contribution in [0.1, 0.15) is 25.0 Å². The summed E-state index contributed by atoms with van der Waals surface area (Å²) in [5, 5.41) is 4.83. The van der Waals surface area contributed by atoms with Crippen LogP contribution in [0.15, 0.2) is 41.8 Å². The van der Waals surface area contributed by atoms with Gasteiger partial charge in [0.1, 0.15) is 5.75 Å². The first-order chi connectivity index (χ1) is 13.5. The molecule has 2 aromatic rings. The maximum atomic E-state index is 12.7. The van der Waals surface area contributed by atoms with Gasteiger partial charge in [0.05, 0.1) is 30.1 Å². The average Bonchev–Trinajstić information content (AvgIpc) is 3.23. The van der Waals surface area contributed by atoms with Gasteiger partial charge in [-0.15, -0.1) is 11.3 Å². The lowest BCUT2D eigenvalue weighted by Crippen LogP contribution is -2.45. The third-order valence-corrected chi connectivity index (χ3v) is 5.10. The molecule has 1 N–H and O–H groups in total. The molecule has 7 nitrogen and oxygen atoms in total. The van der Waals surface area contributed by atoms with Gasteiger partial charge in [0, 0.05) is 5.69 Å². The Morgan fingerprint density at radius 1 is 1.21 bits per heavy atom. The number of nitrogens with one attached hydrogen (secondary N) is 1. The standard InChI is InChI=1S/C20H23NO6S/c1-3-24-17(22)11-25-15-8-6-14(7-9-15)21-19(23)20(2)12-26-18(27-13-20)16-5-4-10-28-16/h4-10,18H,3,11-13H2,1-2H3,(H,21,23). The SMILES string of the molecule is CCOC(=O)COc1ccc(NC(=O)C2(C)COC(c3cccs3)OC2)cc1. The molecule has 1 saturated heterocycles. The van der Waals surface area contributed by atoms with Crippen LogP contribution in [0.5, 0.6) is 5.75 Å². The summed E-state index contributed by atoms with van der Waals surface area (Å²) in [5.74, 6) is -0.0938. The zero-order valence-electron chi connectivity index (χ0n) is 15.8. The number of esters is 1. The summed E-state index contributed by atoms with van der Waals surface area (Å²) in [7, 11) is 0. The topological polar surface area (TPSA) is 83.1 Å². The molecule has 1 aliphatic rings. The molecule has 0 aliphatic carbocycles. The number of ether oxygens (including phenoxy) is 4. The van der Waals surface area contributed by atoms with E-state index in [0.717, 1.165) is 4.88 Å². The first-order valence-corrected chi connectivity index (χ1v) is 9.85. The monoisotopic (exact) mass is 405 g/mol. The van der Waals surface area contributed by atoms with Crippen molar-refractivity contribution in [2.45, 2.75) is 20.1 Å². The van der Waals surface area contributed by atoms with Gasteiger partial charge in [0.15, 0.2) is 12.9 Å². The van der Waals surface area contributed by atoms with E-state index >= 15 is 0 Å². The smallest absolute Gasteiger partial charge is 0.344 e. The molecule has 2 heterocycles. The summed E-state index contributed by atoms with van der Waals surface area (Å²) >= 11 is 1.56. The molecule has 1 aromatic heterocycles. The van der Waals surface area contributed by atoms with Crippen molar-refractivity contribution in [2.75, 3.05) is 31.7 Å². The first kappa shape index (κ1) is 20.3. The Labute approximate surface area is 167 Å². The van der Waals surface area contributed by atoms with Gasteiger partial charge in [-0.1, -0.05) is 6.07 Å². The summed E-state index contributed by atoms with van der Waals surface area (Å²) in [5.41, 5.74) is -0.164. The van der Waals surface area contributed by atoms with Crippen molar-refractivity contribution in [3.8, 4) is 5.75 Å². The van der Waals surface area contributed by atoms with Gasteiger partial charge in [-0.2, -0.15) is 0 Å². The number of anilines is 1. The van der Waals surface area contributed by atoms with Crippen molar-refractivity contribution in [1.29, 1.82) is 0 Å². The van der Waals surface area contributed by atoms with Crippen LogP contribution in [0.2, 0.25) is 0 Å². The molecule has 150 valence electrons. The molecule has 3 rings (SSSR count). The summed E-state index contributed by atoms with van der Waals surface area (Å²) in [6.07, 6.45) is -0.420. The minimum Gasteiger partial charge on any atom is -0.482 e. The van der Waals surface area contributed by atoms with Gasteiger partial charge in [-0.3, -0.25) is 4.79 Å². The lowest BCUT2D eigenvalue weighted by atomic mass is 9.90. The summed E-state index contributed by atoms with van der Waals surface area (Å²) < 4.78 is 21.7. The van der Waals surface area contributed by atoms with Crippen LogP contribution in [0.4, 0.5) is 5.69 Å². The van der Waals surface area contributed by atoms with Crippen LogP contribution in [-0.4, -0.2) is 38.3 Å². The van der Waals surface area contributed by atoms with Gasteiger partial charge in [-0.25, -0.2) is 4.79 Å². The molecule has 1 amide bonds. The van der Waals surface area contributed by atoms with E-state index in [1.807, 2.05) is 24.4 Å². The van der Waals surface area contributed by atoms with Crippen LogP contribution in [-0.2, 0) is 23.8 Å². The Balaban J connectivity index is 1.51. The molecule has 28 heavy (non-hydrogen) atoms. The second kappa shape index (κ2) is 9.18. The number of hydrogen-bond acceptors (Lipinski definition) is 7. The Hall–Kier alpha value is -2.42. The number of carbonyl (C=O) groups is 2. The summed E-state index contributed by atoms with van der Waals surface area (Å²) in [6.45, 7) is 4.24. The van der Waals surface area contributed by atoms with Crippen LogP contribution >= 0.6 is 11.3 Å². The summed E-state index contributed by atoms with van der Waals surface area (Å²) in [6, 6.07) is 10.7. The van der Waals surface area contributed by atoms with Gasteiger partial charge in [0.25, 0.3) is 0 Å². The van der Waals surface area contributed by atoms with E-state index < -0.39 is 17.7 Å². The quantitative estimate of drug-likeness (QED) is 0.711. The second-order valence-electron chi connectivity index (χ2n) is 6.60. The molecule has 0 atom stereocenters. The molecule has 8 heteroatoms. The fourth-order valence-electron chi connectivity index (χ4n) is 2.59. The number of carbonyl (C=O) groups excluding carboxylic acids is 2. The maximum absolute atomic E-state index is 12.7. The second-order valence-corrected chi connectivity index (χ2v) is 7.58. The van der Waals surface area contributed by atoms with Crippen LogP contribution < -0.4 is 10.1 Å². The molecule has 0 bridgehead atoms. The van der Waals surface area contributed by atoms with E-state index in [2.05, 4.69) is 5.32 Å². The van der Waals surface area contributed by atoms with E-state index in [0.29, 0.717) is 18.0 Å². The van der Waals surface area contributed by atoms with Gasteiger partial charge >= 0.3 is 5.97 Å². The highest BCUT2D eigenvalue weighted by Crippen LogP contribution is 2.34. The van der Waals surface area contributed by atoms with Crippen molar-refractivity contribution in [3.63, 3.8) is 0 Å². The third-order valence-electron chi connectivity index (χ3n) is 4.20. The number of thiophene rings is 1. The minimum atomic E-state index is -0.785. The Morgan fingerprint density at radius 3 is 2.54 bits per heavy atom. The van der Waals surface area contributed by atoms with Crippen molar-refractivity contribution >= 4 is 28.9 Å². The van der Waals surface area contributed by atoms with Gasteiger partial charge in [-0.05, 0) is 49.6 Å². The largest absolute Gasteiger partial charge is 0.482 e. The molecule has 0 radical (unpaired) electrons. The molecule has 1 aromatic carbocycles. The van der Waals surface area contributed by atoms with Crippen LogP contribution in [0, 0.1) is 5.41 Å². The predicted octanol–water partition coefficient (Wildman–Crippen LogP) is 3.38. The fraction of sp³-hybridized carbons (Fsp3) is 0.400. The van der Waals surface area contributed by atoms with Gasteiger partial charge in [0.2, 0.25) is 5.91 Å². The third kappa shape index (κ3) is 5.09. The molecule has 1 fully saturated rings. The highest BCUT2D eigenvalue weighted by Gasteiger charge is 2.40. The molecular formula is C20H23NO6S. The highest BCUT2D eigenvalue weighted by atomic mass is 32.1. The number of rotatable bonds is 7. The molecule has 1 aliphatic heterocycles. The van der Waals surface area contributed by atoms with E-state index in [9.17, 15) is 9.59 Å². The normalized spacial score (nSPS) is 21.7. The van der Waals surface area contributed by atoms with Gasteiger partial charge < -0.3 is 24.3 Å². The average molecular weight is 405 g/mol. The minimum absolute atomic E-state index is 0.155. The zero-order valence-corrected chi connectivity index (χ0v) is 16.6. The Morgan fingerprint density at radius 2 is 1.93 bits per heavy atom. The van der Waals surface area contributed by atoms with Crippen LogP contribution in [0.3, 0.4) is 0 Å². The Bertz CT molecular complexity index is 782. The van der Waals surface area contributed by atoms with Crippen molar-refractivity contribution in [2.24, 2.45) is 5.41 Å². The molecule has 0 unspecified atom stereocenters. The lowest BCUT2D eigenvalue weighted by Gasteiger charge is -2.35. The predicted molar refractivity (Wildman–Crippen MR) is 104 cm³/mol. The number of hydrogen-bond donors (Lipinski definition) is 1. The van der Waals surface area contributed by atoms with Crippen molar-refractivity contribution in [1.82, 2.24) is 0 Å². The van der Waals surface area contributed by atoms with E-state index in [4.69, 9.17) is 18.9 Å². The lowest BCUT2D eigenvalue weighted by molar-refractivity contribution is -0.225. The molecular weight excluding hydrogens is 382 g/mol. The molecule has 0 saturated carbocycles. The van der Waals surface area contributed by atoms with Crippen LogP contribution in [0.25, 0.3) is 0 Å². The van der Waals surface area contributed by atoms with Crippen molar-refractivity contribution in [3.05, 3.63) is 46.7 Å². The first-order valence-electron chi connectivity index (χ1n) is 8.97. The maximum Gasteiger partial charge on any atom is 0.344 e. The summed E-state index contributed by atoms with van der Waals surface area (Å²) in [4.78, 5) is 25.0. The Kier molecular flexibility index (Phi) is 6.66. The molecule has 0 spiro atoms. The van der Waals surface area contributed by atoms with E-state index in [1.165, 1.54) is 0 Å². The number of amides is 1.